The van der Waals surface area contributed by atoms with Crippen LogP contribution >= 0.6 is 22.7 Å². The van der Waals surface area contributed by atoms with Crippen LogP contribution in [0, 0.1) is 13.8 Å². The first-order valence-electron chi connectivity index (χ1n) is 26.9. The van der Waals surface area contributed by atoms with E-state index in [-0.39, 0.29) is 24.4 Å². The molecule has 0 aliphatic carbocycles. The number of carbonyl (C=O) groups excluding carboxylic acids is 2. The molecule has 0 radical (unpaired) electrons. The van der Waals surface area contributed by atoms with Crippen LogP contribution in [0.2, 0.25) is 0 Å². The fourth-order valence-electron chi connectivity index (χ4n) is 9.14. The van der Waals surface area contributed by atoms with E-state index in [0.29, 0.717) is 71.2 Å². The Hall–Kier alpha value is -9.03. The maximum Gasteiger partial charge on any atom is 0.326 e. The molecule has 0 saturated carbocycles. The fraction of sp³-hybridized carbons (Fsp3) is 0.215. The molecule has 0 amide bonds. The monoisotopic (exact) mass is 1130 g/mol. The lowest BCUT2D eigenvalue weighted by molar-refractivity contribution is -0.138. The van der Waals surface area contributed by atoms with Gasteiger partial charge in [-0.05, 0) is 85.6 Å². The summed E-state index contributed by atoms with van der Waals surface area (Å²) in [4.78, 5) is 68.7. The number of para-hydroxylation sites is 2. The molecule has 17 heteroatoms. The van der Waals surface area contributed by atoms with Gasteiger partial charge in [0.25, 0.3) is 0 Å². The smallest absolute Gasteiger partial charge is 0.326 e. The summed E-state index contributed by atoms with van der Waals surface area (Å²) in [5.41, 5.74) is 7.72. The summed E-state index contributed by atoms with van der Waals surface area (Å²) in [5, 5.41) is 28.0. The summed E-state index contributed by atoms with van der Waals surface area (Å²) < 4.78 is 17.4. The average molecular weight is 1140 g/mol. The Kier molecular flexibility index (Phi) is 20.0. The molecule has 0 spiro atoms. The Labute approximate surface area is 484 Å². The van der Waals surface area contributed by atoms with Gasteiger partial charge >= 0.3 is 11.9 Å². The normalized spacial score (nSPS) is 12.7. The van der Waals surface area contributed by atoms with Crippen molar-refractivity contribution in [3.05, 3.63) is 237 Å². The molecule has 4 N–H and O–H groups in total. The second kappa shape index (κ2) is 28.4. The minimum atomic E-state index is -1.00. The van der Waals surface area contributed by atoms with Gasteiger partial charge < -0.3 is 40.0 Å². The molecule has 15 nitrogen and oxygen atoms in total. The Morgan fingerprint density at radius 2 is 1.00 bits per heavy atom. The van der Waals surface area contributed by atoms with Crippen molar-refractivity contribution in [3.8, 4) is 22.1 Å². The topological polar surface area (TPSA) is 202 Å². The van der Waals surface area contributed by atoms with Crippen LogP contribution in [-0.4, -0.2) is 100 Å². The second-order valence-corrected chi connectivity index (χ2v) is 21.7. The third kappa shape index (κ3) is 15.7. The number of ether oxygens (including phenoxy) is 3. The molecule has 3 aromatic heterocycles. The summed E-state index contributed by atoms with van der Waals surface area (Å²) in [6, 6.07) is 48.8. The van der Waals surface area contributed by atoms with Gasteiger partial charge in [0.05, 0.1) is 37.8 Å². The summed E-state index contributed by atoms with van der Waals surface area (Å²) in [5.74, 6) is -0.909. The van der Waals surface area contributed by atoms with Crippen LogP contribution in [0.5, 0.6) is 11.5 Å². The largest absolute Gasteiger partial charge is 0.493 e. The van der Waals surface area contributed by atoms with Gasteiger partial charge in [-0.1, -0.05) is 109 Å². The molecule has 6 aromatic carbocycles. The number of morpholine rings is 1. The Morgan fingerprint density at radius 3 is 1.48 bits per heavy atom. The van der Waals surface area contributed by atoms with Gasteiger partial charge in [-0.15, -0.1) is 22.7 Å². The predicted molar refractivity (Wildman–Crippen MR) is 321 cm³/mol. The molecular weight excluding hydrogens is 1070 g/mol. The van der Waals surface area contributed by atoms with Crippen molar-refractivity contribution in [2.24, 2.45) is 0 Å². The number of aryl methyl sites for hydroxylation is 2. The van der Waals surface area contributed by atoms with Gasteiger partial charge in [-0.3, -0.25) is 14.6 Å². The van der Waals surface area contributed by atoms with Crippen molar-refractivity contribution >= 4 is 62.7 Å². The number of hydrogen-bond donors (Lipinski definition) is 4. The quantitative estimate of drug-likeness (QED) is 0.0416. The SMILES string of the molecule is Cc1sc(-c2ccncc2)nc1CCOc1ccc(CC(Nc2ccccc2C(=O)c2ccccc2)C(=O)O)cc1.Cc1sc(N2CCOCC2)nc1CCOc1ccc(C[C@H](Nc2ccccc2C(=O)c2ccccc2)C(=O)O)cc1. The number of pyridine rings is 1. The van der Waals surface area contributed by atoms with Gasteiger partial charge in [0, 0.05) is 100 Å². The minimum Gasteiger partial charge on any atom is -0.493 e. The molecule has 0 bridgehead atoms. The van der Waals surface area contributed by atoms with Crippen LogP contribution in [-0.2, 0) is 40.0 Å². The van der Waals surface area contributed by atoms with E-state index in [0.717, 1.165) is 69.4 Å². The number of nitrogens with one attached hydrogen (secondary N) is 2. The van der Waals surface area contributed by atoms with E-state index >= 15 is 0 Å². The second-order valence-electron chi connectivity index (χ2n) is 19.3. The number of anilines is 3. The fourth-order valence-corrected chi connectivity index (χ4v) is 11.1. The molecule has 2 atom stereocenters. The molecule has 4 heterocycles. The lowest BCUT2D eigenvalue weighted by atomic mass is 10.00. The van der Waals surface area contributed by atoms with E-state index in [9.17, 15) is 29.4 Å². The third-order valence-corrected chi connectivity index (χ3v) is 15.7. The number of carboxylic acid groups (broad SMARTS) is 2. The Morgan fingerprint density at radius 1 is 0.561 bits per heavy atom. The number of aromatic nitrogens is 3. The zero-order chi connectivity index (χ0) is 57.2. The molecule has 1 unspecified atom stereocenters. The number of aliphatic carboxylic acids is 2. The minimum absolute atomic E-state index is 0.162. The number of benzene rings is 6. The molecule has 10 rings (SSSR count). The van der Waals surface area contributed by atoms with E-state index in [1.165, 1.54) is 4.88 Å². The van der Waals surface area contributed by atoms with Gasteiger partial charge in [-0.25, -0.2) is 19.6 Å². The van der Waals surface area contributed by atoms with Crippen LogP contribution in [0.15, 0.2) is 182 Å². The zero-order valence-corrected chi connectivity index (χ0v) is 47.0. The maximum atomic E-state index is 13.1. The lowest BCUT2D eigenvalue weighted by Crippen LogP contribution is -2.36. The number of carboxylic acids is 2. The molecule has 418 valence electrons. The first-order valence-corrected chi connectivity index (χ1v) is 28.5. The van der Waals surface area contributed by atoms with Crippen LogP contribution in [0.3, 0.4) is 0 Å². The summed E-state index contributed by atoms with van der Waals surface area (Å²) in [7, 11) is 0. The molecular formula is C65H62N6O9S2. The van der Waals surface area contributed by atoms with Crippen LogP contribution in [0.4, 0.5) is 16.5 Å². The average Bonchev–Trinajstić information content (AvgIpc) is 4.19. The number of carbonyl (C=O) groups is 4. The number of hydrogen-bond acceptors (Lipinski definition) is 15. The highest BCUT2D eigenvalue weighted by Gasteiger charge is 2.24. The van der Waals surface area contributed by atoms with Crippen molar-refractivity contribution in [3.63, 3.8) is 0 Å². The highest BCUT2D eigenvalue weighted by atomic mass is 32.1. The highest BCUT2D eigenvalue weighted by Crippen LogP contribution is 2.30. The summed E-state index contributed by atoms with van der Waals surface area (Å²) in [6.07, 6.45) is 5.39. The molecule has 82 heavy (non-hydrogen) atoms. The van der Waals surface area contributed by atoms with Crippen LogP contribution in [0.1, 0.15) is 64.1 Å². The Bertz CT molecular complexity index is 3560. The highest BCUT2D eigenvalue weighted by molar-refractivity contribution is 7.15. The summed E-state index contributed by atoms with van der Waals surface area (Å²) in [6.45, 7) is 8.33. The number of nitrogens with zero attached hydrogens (tertiary/aromatic N) is 4. The first-order chi connectivity index (χ1) is 39.9. The van der Waals surface area contributed by atoms with E-state index in [4.69, 9.17) is 24.2 Å². The van der Waals surface area contributed by atoms with Crippen molar-refractivity contribution in [2.75, 3.05) is 55.1 Å². The number of ketones is 2. The standard InChI is InChI=1S/C33H29N3O4S.C32H33N3O5S/c1-22-28(36-32(41-22)25-15-18-34-19-16-25)17-20-40-26-13-11-23(12-14-26)21-30(33(38)39)35-29-10-6-5-9-27(29)31(37)24-7-3-2-4-8-24;1-22-27(34-32(41-22)35-16-19-39-20-17-35)15-18-40-25-13-11-23(12-14-25)21-29(31(37)38)33-28-10-6-5-9-26(28)30(36)24-7-3-2-4-8-24/h2-16,18-19,30,35H,17,20-21H2,1H3,(H,38,39);2-14,29,33H,15-21H2,1H3,(H,37,38)/t;29-/m.0/s1. The van der Waals surface area contributed by atoms with E-state index in [2.05, 4.69) is 34.4 Å². The summed E-state index contributed by atoms with van der Waals surface area (Å²) >= 11 is 3.37. The van der Waals surface area contributed by atoms with Crippen molar-refractivity contribution in [1.82, 2.24) is 15.0 Å². The van der Waals surface area contributed by atoms with Gasteiger partial charge in [0.2, 0.25) is 0 Å². The van der Waals surface area contributed by atoms with Gasteiger partial charge in [-0.2, -0.15) is 0 Å². The first kappa shape index (κ1) is 57.6. The zero-order valence-electron chi connectivity index (χ0n) is 45.4. The molecule has 1 fully saturated rings. The van der Waals surface area contributed by atoms with E-state index in [1.807, 2.05) is 72.8 Å². The van der Waals surface area contributed by atoms with Crippen molar-refractivity contribution < 1.29 is 43.6 Å². The van der Waals surface area contributed by atoms with Crippen molar-refractivity contribution in [1.29, 1.82) is 0 Å². The molecule has 9 aromatic rings. The molecule has 1 saturated heterocycles. The maximum absolute atomic E-state index is 13.1. The van der Waals surface area contributed by atoms with Crippen molar-refractivity contribution in [2.45, 2.75) is 51.6 Å². The van der Waals surface area contributed by atoms with Crippen LogP contribution in [0.25, 0.3) is 10.6 Å². The Balaban J connectivity index is 0.000000198. The molecule has 1 aliphatic rings. The van der Waals surface area contributed by atoms with E-state index in [1.54, 1.807) is 132 Å². The third-order valence-electron chi connectivity index (χ3n) is 13.6. The van der Waals surface area contributed by atoms with Gasteiger partial charge in [0.15, 0.2) is 16.7 Å². The van der Waals surface area contributed by atoms with E-state index < -0.39 is 24.0 Å². The lowest BCUT2D eigenvalue weighted by Gasteiger charge is -2.26. The van der Waals surface area contributed by atoms with Gasteiger partial charge in [0.1, 0.15) is 28.6 Å². The predicted octanol–water partition coefficient (Wildman–Crippen LogP) is 11.7. The number of thiazole rings is 2. The van der Waals surface area contributed by atoms with Crippen LogP contribution < -0.4 is 25.0 Å². The molecule has 1 aliphatic heterocycles. The number of rotatable bonds is 24.